The molecule has 2 N–H and O–H groups in total. The molecule has 1 aliphatic rings. The second-order valence-corrected chi connectivity index (χ2v) is 6.87. The van der Waals surface area contributed by atoms with Crippen molar-refractivity contribution in [3.8, 4) is 0 Å². The lowest BCUT2D eigenvalue weighted by Gasteiger charge is -2.32. The number of nitrogens with zero attached hydrogens (tertiary/aromatic N) is 1. The molecule has 3 rings (SSSR count). The fourth-order valence-corrected chi connectivity index (χ4v) is 3.45. The molecule has 0 saturated carbocycles. The van der Waals surface area contributed by atoms with E-state index in [1.54, 1.807) is 6.07 Å². The van der Waals surface area contributed by atoms with Crippen LogP contribution in [0.2, 0.25) is 0 Å². The van der Waals surface area contributed by atoms with Crippen molar-refractivity contribution in [2.75, 3.05) is 13.1 Å². The average Bonchev–Trinajstić information content (AvgIpc) is 2.60. The van der Waals surface area contributed by atoms with Crippen LogP contribution in [0.5, 0.6) is 0 Å². The molecule has 5 nitrogen and oxygen atoms in total. The Morgan fingerprint density at radius 1 is 1.04 bits per heavy atom. The standard InChI is InChI=1S/C20H24N2O3/c23-19-6-5-18(13-21-19)11-16-7-9-22(10-8-16)14-17-3-1-15(2-4-17)12-20(24)25/h1-6,13,16H,7-12,14H2,(H,21,23)(H,24,25). The van der Waals surface area contributed by atoms with E-state index < -0.39 is 5.97 Å². The van der Waals surface area contributed by atoms with Crippen molar-refractivity contribution in [2.45, 2.75) is 32.2 Å². The van der Waals surface area contributed by atoms with Crippen LogP contribution >= 0.6 is 0 Å². The molecule has 1 saturated heterocycles. The maximum absolute atomic E-state index is 11.1. The Labute approximate surface area is 147 Å². The summed E-state index contributed by atoms with van der Waals surface area (Å²) in [6.45, 7) is 3.06. The van der Waals surface area contributed by atoms with E-state index in [1.165, 1.54) is 11.1 Å². The van der Waals surface area contributed by atoms with E-state index in [9.17, 15) is 9.59 Å². The Bertz CT molecular complexity index is 739. The molecular weight excluding hydrogens is 316 g/mol. The number of benzene rings is 1. The Morgan fingerprint density at radius 2 is 1.68 bits per heavy atom. The highest BCUT2D eigenvalue weighted by Crippen LogP contribution is 2.22. The lowest BCUT2D eigenvalue weighted by molar-refractivity contribution is -0.136. The normalized spacial score (nSPS) is 16.0. The van der Waals surface area contributed by atoms with Crippen LogP contribution in [0.4, 0.5) is 0 Å². The van der Waals surface area contributed by atoms with Crippen molar-refractivity contribution >= 4 is 5.97 Å². The number of hydrogen-bond acceptors (Lipinski definition) is 3. The molecule has 25 heavy (non-hydrogen) atoms. The fourth-order valence-electron chi connectivity index (χ4n) is 3.45. The SMILES string of the molecule is O=C(O)Cc1ccc(CN2CCC(Cc3ccc(=O)[nH]c3)CC2)cc1. The first kappa shape index (κ1) is 17.4. The lowest BCUT2D eigenvalue weighted by atomic mass is 9.90. The molecule has 2 heterocycles. The minimum absolute atomic E-state index is 0.0482. The number of aromatic nitrogens is 1. The number of nitrogens with one attached hydrogen (secondary N) is 1. The van der Waals surface area contributed by atoms with Gasteiger partial charge < -0.3 is 10.1 Å². The number of H-pyrrole nitrogens is 1. The molecule has 2 aromatic rings. The predicted octanol–water partition coefficient (Wildman–Crippen LogP) is 2.46. The third-order valence-electron chi connectivity index (χ3n) is 4.86. The molecule has 5 heteroatoms. The molecule has 132 valence electrons. The van der Waals surface area contributed by atoms with Gasteiger partial charge in [0.15, 0.2) is 0 Å². The number of carboxylic acids is 1. The second-order valence-electron chi connectivity index (χ2n) is 6.87. The summed E-state index contributed by atoms with van der Waals surface area (Å²) in [5, 5.41) is 8.82. The molecule has 1 aliphatic heterocycles. The summed E-state index contributed by atoms with van der Waals surface area (Å²) >= 11 is 0. The van der Waals surface area contributed by atoms with Gasteiger partial charge in [-0.2, -0.15) is 0 Å². The van der Waals surface area contributed by atoms with Crippen molar-refractivity contribution in [3.05, 3.63) is 69.6 Å². The third kappa shape index (κ3) is 5.29. The van der Waals surface area contributed by atoms with E-state index in [1.807, 2.05) is 36.5 Å². The molecule has 1 fully saturated rings. The first-order valence-corrected chi connectivity index (χ1v) is 8.78. The highest BCUT2D eigenvalue weighted by atomic mass is 16.4. The summed E-state index contributed by atoms with van der Waals surface area (Å²) in [5.74, 6) is -0.127. The summed E-state index contributed by atoms with van der Waals surface area (Å²) in [7, 11) is 0. The zero-order valence-electron chi connectivity index (χ0n) is 14.3. The van der Waals surface area contributed by atoms with Gasteiger partial charge in [0.2, 0.25) is 5.56 Å². The van der Waals surface area contributed by atoms with Gasteiger partial charge in [-0.05, 0) is 55.0 Å². The topological polar surface area (TPSA) is 73.4 Å². The smallest absolute Gasteiger partial charge is 0.307 e. The summed E-state index contributed by atoms with van der Waals surface area (Å²) in [6.07, 6.45) is 5.25. The largest absolute Gasteiger partial charge is 0.481 e. The van der Waals surface area contributed by atoms with Crippen LogP contribution in [-0.2, 0) is 24.2 Å². The van der Waals surface area contributed by atoms with Crippen molar-refractivity contribution < 1.29 is 9.90 Å². The summed E-state index contributed by atoms with van der Waals surface area (Å²) in [6, 6.07) is 11.4. The molecule has 1 aromatic heterocycles. The number of rotatable bonds is 6. The number of pyridine rings is 1. The van der Waals surface area contributed by atoms with Crippen molar-refractivity contribution in [1.82, 2.24) is 9.88 Å². The van der Waals surface area contributed by atoms with E-state index in [0.29, 0.717) is 5.92 Å². The van der Waals surface area contributed by atoms with E-state index in [4.69, 9.17) is 5.11 Å². The Hall–Kier alpha value is -2.40. The van der Waals surface area contributed by atoms with Gasteiger partial charge in [-0.1, -0.05) is 30.3 Å². The predicted molar refractivity (Wildman–Crippen MR) is 96.5 cm³/mol. The summed E-state index contributed by atoms with van der Waals surface area (Å²) in [5.41, 5.74) is 3.23. The number of carbonyl (C=O) groups is 1. The molecule has 0 radical (unpaired) electrons. The number of aliphatic carboxylic acids is 1. The quantitative estimate of drug-likeness (QED) is 0.847. The highest BCUT2D eigenvalue weighted by Gasteiger charge is 2.19. The zero-order chi connectivity index (χ0) is 17.6. The van der Waals surface area contributed by atoms with Gasteiger partial charge in [-0.3, -0.25) is 14.5 Å². The number of piperidine rings is 1. The molecule has 0 aliphatic carbocycles. The van der Waals surface area contributed by atoms with Crippen LogP contribution in [0.3, 0.4) is 0 Å². The first-order chi connectivity index (χ1) is 12.1. The number of carboxylic acid groups (broad SMARTS) is 1. The highest BCUT2D eigenvalue weighted by molar-refractivity contribution is 5.70. The Kier molecular flexibility index (Phi) is 5.66. The van der Waals surface area contributed by atoms with Gasteiger partial charge in [-0.25, -0.2) is 0 Å². The fraction of sp³-hybridized carbons (Fsp3) is 0.400. The van der Waals surface area contributed by atoms with Crippen molar-refractivity contribution in [2.24, 2.45) is 5.92 Å². The molecule has 1 aromatic carbocycles. The molecule has 0 spiro atoms. The van der Waals surface area contributed by atoms with E-state index >= 15 is 0 Å². The zero-order valence-corrected chi connectivity index (χ0v) is 14.3. The first-order valence-electron chi connectivity index (χ1n) is 8.78. The van der Waals surface area contributed by atoms with Gasteiger partial charge >= 0.3 is 5.97 Å². The lowest BCUT2D eigenvalue weighted by Crippen LogP contribution is -2.33. The second kappa shape index (κ2) is 8.12. The molecule has 0 unspecified atom stereocenters. The van der Waals surface area contributed by atoms with Gasteiger partial charge in [-0.15, -0.1) is 0 Å². The van der Waals surface area contributed by atoms with Gasteiger partial charge in [0.1, 0.15) is 0 Å². The van der Waals surface area contributed by atoms with Gasteiger partial charge in [0.25, 0.3) is 0 Å². The van der Waals surface area contributed by atoms with E-state index in [0.717, 1.165) is 44.5 Å². The Balaban J connectivity index is 1.46. The number of aromatic amines is 1. The van der Waals surface area contributed by atoms with Crippen LogP contribution in [0.15, 0.2) is 47.4 Å². The molecule has 0 atom stereocenters. The maximum Gasteiger partial charge on any atom is 0.307 e. The minimum atomic E-state index is -0.794. The van der Waals surface area contributed by atoms with Crippen molar-refractivity contribution in [3.63, 3.8) is 0 Å². The molecule has 0 amide bonds. The number of hydrogen-bond donors (Lipinski definition) is 2. The van der Waals surface area contributed by atoms with Crippen LogP contribution in [0, 0.1) is 5.92 Å². The number of likely N-dealkylation sites (tertiary alicyclic amines) is 1. The van der Waals surface area contributed by atoms with Gasteiger partial charge in [0.05, 0.1) is 6.42 Å². The van der Waals surface area contributed by atoms with Crippen LogP contribution in [0.1, 0.15) is 29.5 Å². The summed E-state index contributed by atoms with van der Waals surface area (Å²) < 4.78 is 0. The van der Waals surface area contributed by atoms with Gasteiger partial charge in [0, 0.05) is 18.8 Å². The van der Waals surface area contributed by atoms with Crippen LogP contribution < -0.4 is 5.56 Å². The van der Waals surface area contributed by atoms with E-state index in [2.05, 4.69) is 9.88 Å². The maximum atomic E-state index is 11.1. The average molecular weight is 340 g/mol. The monoisotopic (exact) mass is 340 g/mol. The van der Waals surface area contributed by atoms with Crippen LogP contribution in [0.25, 0.3) is 0 Å². The summed E-state index contributed by atoms with van der Waals surface area (Å²) in [4.78, 5) is 27.0. The third-order valence-corrected chi connectivity index (χ3v) is 4.86. The van der Waals surface area contributed by atoms with Crippen LogP contribution in [-0.4, -0.2) is 34.0 Å². The minimum Gasteiger partial charge on any atom is -0.481 e. The molecule has 0 bridgehead atoms. The van der Waals surface area contributed by atoms with Crippen molar-refractivity contribution in [1.29, 1.82) is 0 Å². The molecular formula is C20H24N2O3. The van der Waals surface area contributed by atoms with E-state index in [-0.39, 0.29) is 12.0 Å². The Morgan fingerprint density at radius 3 is 2.28 bits per heavy atom.